The van der Waals surface area contributed by atoms with Crippen molar-refractivity contribution in [1.82, 2.24) is 20.4 Å². The average molecular weight is 377 g/mol. The van der Waals surface area contributed by atoms with Crippen molar-refractivity contribution < 1.29 is 26.3 Å². The van der Waals surface area contributed by atoms with E-state index in [4.69, 9.17) is 0 Å². The number of likely N-dealkylation sites (N-methyl/N-ethyl adjacent to an activating group) is 1. The number of alkyl halides is 6. The van der Waals surface area contributed by atoms with Gasteiger partial charge in [-0.05, 0) is 20.4 Å². The molecule has 11 heteroatoms. The predicted octanol–water partition coefficient (Wildman–Crippen LogP) is 1.67. The summed E-state index contributed by atoms with van der Waals surface area (Å²) in [7, 11) is 1.36. The molecule has 0 aliphatic carbocycles. The lowest BCUT2D eigenvalue weighted by Gasteiger charge is -2.20. The summed E-state index contributed by atoms with van der Waals surface area (Å²) in [6, 6.07) is -0.173. The van der Waals surface area contributed by atoms with Gasteiger partial charge in [-0.15, -0.1) is 0 Å². The van der Waals surface area contributed by atoms with E-state index in [0.29, 0.717) is 25.5 Å². The van der Waals surface area contributed by atoms with Crippen LogP contribution < -0.4 is 10.6 Å². The molecule has 1 unspecified atom stereocenters. The number of rotatable bonds is 7. The molecular weight excluding hydrogens is 352 g/mol. The lowest BCUT2D eigenvalue weighted by atomic mass is 10.3. The Bertz CT molecular complexity index is 423. The van der Waals surface area contributed by atoms with Gasteiger partial charge < -0.3 is 10.6 Å². The molecule has 1 heterocycles. The van der Waals surface area contributed by atoms with Gasteiger partial charge in [-0.2, -0.15) is 26.3 Å². The third kappa shape index (κ3) is 10.4. The van der Waals surface area contributed by atoms with Gasteiger partial charge in [0.15, 0.2) is 5.96 Å². The number of hydrogen-bond donors (Lipinski definition) is 2. The first kappa shape index (κ1) is 21.8. The third-order valence-corrected chi connectivity index (χ3v) is 3.56. The lowest BCUT2D eigenvalue weighted by molar-refractivity contribution is -0.144. The van der Waals surface area contributed by atoms with Crippen molar-refractivity contribution in [2.75, 3.05) is 52.9 Å². The second-order valence-electron chi connectivity index (χ2n) is 6.09. The molecule has 2 N–H and O–H groups in total. The number of hydrogen-bond acceptors (Lipinski definition) is 3. The minimum Gasteiger partial charge on any atom is -0.357 e. The van der Waals surface area contributed by atoms with Crippen LogP contribution in [-0.2, 0) is 0 Å². The SMILES string of the molecule is CCNC(=NCCN(C)CC(F)(F)F)NC1CCN(CC(F)(F)F)C1. The van der Waals surface area contributed by atoms with Crippen molar-refractivity contribution in [3.8, 4) is 0 Å². The highest BCUT2D eigenvalue weighted by Gasteiger charge is 2.34. The summed E-state index contributed by atoms with van der Waals surface area (Å²) in [5.41, 5.74) is 0. The quantitative estimate of drug-likeness (QED) is 0.403. The highest BCUT2D eigenvalue weighted by Crippen LogP contribution is 2.20. The molecule has 0 aromatic rings. The Balaban J connectivity index is 2.43. The van der Waals surface area contributed by atoms with Gasteiger partial charge >= 0.3 is 12.4 Å². The normalized spacial score (nSPS) is 20.4. The molecule has 1 fully saturated rings. The van der Waals surface area contributed by atoms with Gasteiger partial charge in [0.1, 0.15) is 0 Å². The van der Waals surface area contributed by atoms with Crippen molar-refractivity contribution in [2.24, 2.45) is 4.99 Å². The molecule has 0 radical (unpaired) electrons. The Morgan fingerprint density at radius 1 is 1.20 bits per heavy atom. The summed E-state index contributed by atoms with van der Waals surface area (Å²) in [5.74, 6) is 0.404. The second-order valence-corrected chi connectivity index (χ2v) is 6.09. The zero-order valence-corrected chi connectivity index (χ0v) is 14.3. The van der Waals surface area contributed by atoms with Crippen LogP contribution in [0.15, 0.2) is 4.99 Å². The molecule has 0 saturated carbocycles. The number of nitrogens with one attached hydrogen (secondary N) is 2. The molecular formula is C14H25F6N5. The summed E-state index contributed by atoms with van der Waals surface area (Å²) in [6.45, 7) is 1.29. The van der Waals surface area contributed by atoms with Crippen LogP contribution in [0, 0.1) is 0 Å². The van der Waals surface area contributed by atoms with Crippen LogP contribution in [0.1, 0.15) is 13.3 Å². The molecule has 1 saturated heterocycles. The van der Waals surface area contributed by atoms with E-state index in [-0.39, 0.29) is 25.7 Å². The molecule has 0 amide bonds. The van der Waals surface area contributed by atoms with Crippen molar-refractivity contribution in [3.05, 3.63) is 0 Å². The van der Waals surface area contributed by atoms with Gasteiger partial charge in [-0.25, -0.2) is 0 Å². The minimum atomic E-state index is -4.26. The van der Waals surface area contributed by atoms with Crippen molar-refractivity contribution in [1.29, 1.82) is 0 Å². The fraction of sp³-hybridized carbons (Fsp3) is 0.929. The summed E-state index contributed by atoms with van der Waals surface area (Å²) in [4.78, 5) is 6.63. The van der Waals surface area contributed by atoms with Crippen molar-refractivity contribution >= 4 is 5.96 Å². The summed E-state index contributed by atoms with van der Waals surface area (Å²) >= 11 is 0. The average Bonchev–Trinajstić information content (AvgIpc) is 2.81. The number of nitrogens with zero attached hydrogens (tertiary/aromatic N) is 3. The van der Waals surface area contributed by atoms with E-state index in [9.17, 15) is 26.3 Å². The summed E-state index contributed by atoms with van der Waals surface area (Å²) < 4.78 is 73.9. The van der Waals surface area contributed by atoms with E-state index < -0.39 is 25.4 Å². The molecule has 0 aromatic heterocycles. The van der Waals surface area contributed by atoms with Gasteiger partial charge in [-0.1, -0.05) is 0 Å². The minimum absolute atomic E-state index is 0.126. The highest BCUT2D eigenvalue weighted by atomic mass is 19.4. The molecule has 1 aliphatic rings. The Kier molecular flexibility index (Phi) is 8.26. The van der Waals surface area contributed by atoms with Crippen molar-refractivity contribution in [3.63, 3.8) is 0 Å². The molecule has 1 rings (SSSR count). The van der Waals surface area contributed by atoms with Crippen LogP contribution in [0.5, 0.6) is 0 Å². The molecule has 1 atom stereocenters. The first-order chi connectivity index (χ1) is 11.5. The highest BCUT2D eigenvalue weighted by molar-refractivity contribution is 5.80. The Morgan fingerprint density at radius 3 is 2.44 bits per heavy atom. The van der Waals surface area contributed by atoms with Gasteiger partial charge in [0.2, 0.25) is 0 Å². The van der Waals surface area contributed by atoms with E-state index in [0.717, 1.165) is 4.90 Å². The first-order valence-corrected chi connectivity index (χ1v) is 8.08. The fourth-order valence-corrected chi connectivity index (χ4v) is 2.58. The van der Waals surface area contributed by atoms with E-state index in [1.807, 2.05) is 6.92 Å². The molecule has 0 bridgehead atoms. The zero-order valence-electron chi connectivity index (χ0n) is 14.3. The fourth-order valence-electron chi connectivity index (χ4n) is 2.58. The monoisotopic (exact) mass is 377 g/mol. The van der Waals surface area contributed by atoms with Gasteiger partial charge in [0, 0.05) is 32.2 Å². The Labute approximate surface area is 143 Å². The van der Waals surface area contributed by atoms with Crippen LogP contribution in [0.3, 0.4) is 0 Å². The van der Waals surface area contributed by atoms with Crippen molar-refractivity contribution in [2.45, 2.75) is 31.7 Å². The standard InChI is InChI=1S/C14H25F6N5/c1-3-21-12(22-5-7-24(2)9-13(15,16)17)23-11-4-6-25(8-11)10-14(18,19)20/h11H,3-10H2,1-2H3,(H2,21,22,23). The van der Waals surface area contributed by atoms with Gasteiger partial charge in [0.25, 0.3) is 0 Å². The van der Waals surface area contributed by atoms with Gasteiger partial charge in [-0.3, -0.25) is 14.8 Å². The lowest BCUT2D eigenvalue weighted by Crippen LogP contribution is -2.45. The topological polar surface area (TPSA) is 42.9 Å². The molecule has 0 aromatic carbocycles. The summed E-state index contributed by atoms with van der Waals surface area (Å²) in [5, 5.41) is 6.00. The number of halogens is 6. The molecule has 1 aliphatic heterocycles. The molecule has 148 valence electrons. The molecule has 5 nitrogen and oxygen atoms in total. The predicted molar refractivity (Wildman–Crippen MR) is 83.6 cm³/mol. The van der Waals surface area contributed by atoms with E-state index in [1.54, 1.807) is 0 Å². The van der Waals surface area contributed by atoms with Crippen LogP contribution in [0.4, 0.5) is 26.3 Å². The van der Waals surface area contributed by atoms with E-state index in [1.165, 1.54) is 11.9 Å². The first-order valence-electron chi connectivity index (χ1n) is 8.08. The maximum Gasteiger partial charge on any atom is 0.401 e. The van der Waals surface area contributed by atoms with E-state index in [2.05, 4.69) is 15.6 Å². The number of aliphatic imine (C=N–C) groups is 1. The van der Waals surface area contributed by atoms with Crippen LogP contribution in [-0.4, -0.2) is 87.0 Å². The van der Waals surface area contributed by atoms with Crippen LogP contribution in [0.2, 0.25) is 0 Å². The van der Waals surface area contributed by atoms with Crippen LogP contribution in [0.25, 0.3) is 0 Å². The van der Waals surface area contributed by atoms with E-state index >= 15 is 0 Å². The Hall–Kier alpha value is -1.23. The van der Waals surface area contributed by atoms with Gasteiger partial charge in [0.05, 0.1) is 19.6 Å². The maximum atomic E-state index is 12.4. The maximum absolute atomic E-state index is 12.4. The summed E-state index contributed by atoms with van der Waals surface area (Å²) in [6.07, 6.45) is -7.93. The zero-order chi connectivity index (χ0) is 19.1. The number of guanidine groups is 1. The Morgan fingerprint density at radius 2 is 1.88 bits per heavy atom. The molecule has 0 spiro atoms. The third-order valence-electron chi connectivity index (χ3n) is 3.56. The largest absolute Gasteiger partial charge is 0.401 e. The second kappa shape index (κ2) is 9.46. The van der Waals surface area contributed by atoms with Crippen LogP contribution >= 0.6 is 0 Å². The molecule has 25 heavy (non-hydrogen) atoms. The number of likely N-dealkylation sites (tertiary alicyclic amines) is 1. The smallest absolute Gasteiger partial charge is 0.357 e.